The molecule has 1 N–H and O–H groups in total. The first-order chi connectivity index (χ1) is 10.3. The maximum absolute atomic E-state index is 12.2. The molecule has 0 aliphatic heterocycles. The van der Waals surface area contributed by atoms with Crippen molar-refractivity contribution in [3.8, 4) is 11.3 Å². The van der Waals surface area contributed by atoms with Gasteiger partial charge in [-0.3, -0.25) is 4.57 Å². The fourth-order valence-electron chi connectivity index (χ4n) is 2.59. The smallest absolute Gasteiger partial charge is 0.305 e. The summed E-state index contributed by atoms with van der Waals surface area (Å²) >= 11 is 0. The molecule has 106 valence electrons. The van der Waals surface area contributed by atoms with Crippen molar-refractivity contribution in [3.63, 3.8) is 0 Å². The highest BCUT2D eigenvalue weighted by atomic mass is 16.1. The van der Waals surface area contributed by atoms with E-state index in [-0.39, 0.29) is 5.69 Å². The van der Waals surface area contributed by atoms with E-state index in [9.17, 15) is 4.79 Å². The number of aromatic amines is 1. The molecule has 0 amide bonds. The van der Waals surface area contributed by atoms with E-state index in [0.717, 1.165) is 23.4 Å². The minimum Gasteiger partial charge on any atom is -0.305 e. The highest BCUT2D eigenvalue weighted by Gasteiger charge is 2.11. The van der Waals surface area contributed by atoms with Gasteiger partial charge in [-0.05, 0) is 24.5 Å². The fourth-order valence-corrected chi connectivity index (χ4v) is 2.59. The highest BCUT2D eigenvalue weighted by molar-refractivity contribution is 5.61. The number of aromatic nitrogens is 2. The van der Waals surface area contributed by atoms with E-state index < -0.39 is 0 Å². The lowest BCUT2D eigenvalue weighted by molar-refractivity contribution is 0.655. The van der Waals surface area contributed by atoms with Gasteiger partial charge in [-0.25, -0.2) is 4.79 Å². The SMILES string of the molecule is Cc1c(-c2ccccc2)[nH]c(=O)n1CCc1ccccc1. The summed E-state index contributed by atoms with van der Waals surface area (Å²) < 4.78 is 1.81. The van der Waals surface area contributed by atoms with Crippen LogP contribution < -0.4 is 5.69 Å². The number of nitrogens with one attached hydrogen (secondary N) is 1. The molecule has 0 unspecified atom stereocenters. The van der Waals surface area contributed by atoms with Crippen LogP contribution in [0.1, 0.15) is 11.3 Å². The van der Waals surface area contributed by atoms with Crippen LogP contribution >= 0.6 is 0 Å². The van der Waals surface area contributed by atoms with Gasteiger partial charge in [-0.1, -0.05) is 60.7 Å². The molecule has 2 aromatic carbocycles. The van der Waals surface area contributed by atoms with Gasteiger partial charge >= 0.3 is 5.69 Å². The van der Waals surface area contributed by atoms with E-state index in [1.165, 1.54) is 5.56 Å². The molecule has 21 heavy (non-hydrogen) atoms. The van der Waals surface area contributed by atoms with Crippen molar-refractivity contribution in [1.82, 2.24) is 9.55 Å². The summed E-state index contributed by atoms with van der Waals surface area (Å²) in [6.45, 7) is 2.68. The van der Waals surface area contributed by atoms with Crippen LogP contribution in [0.3, 0.4) is 0 Å². The van der Waals surface area contributed by atoms with Gasteiger partial charge in [-0.15, -0.1) is 0 Å². The molecular weight excluding hydrogens is 260 g/mol. The molecule has 0 atom stereocenters. The van der Waals surface area contributed by atoms with Gasteiger partial charge in [0.05, 0.1) is 5.69 Å². The largest absolute Gasteiger partial charge is 0.326 e. The second-order valence-electron chi connectivity index (χ2n) is 5.14. The van der Waals surface area contributed by atoms with Crippen molar-refractivity contribution in [2.45, 2.75) is 19.9 Å². The number of aryl methyl sites for hydroxylation is 1. The summed E-state index contributed by atoms with van der Waals surface area (Å²) in [6, 6.07) is 20.2. The second-order valence-corrected chi connectivity index (χ2v) is 5.14. The summed E-state index contributed by atoms with van der Waals surface area (Å²) in [5.41, 5.74) is 4.15. The van der Waals surface area contributed by atoms with Crippen LogP contribution in [0.5, 0.6) is 0 Å². The monoisotopic (exact) mass is 278 g/mol. The van der Waals surface area contributed by atoms with Gasteiger partial charge in [0.1, 0.15) is 0 Å². The van der Waals surface area contributed by atoms with Gasteiger partial charge in [0.25, 0.3) is 0 Å². The Bertz CT molecular complexity index is 770. The van der Waals surface area contributed by atoms with Gasteiger partial charge in [0.15, 0.2) is 0 Å². The van der Waals surface area contributed by atoms with Gasteiger partial charge in [0.2, 0.25) is 0 Å². The number of benzene rings is 2. The Morgan fingerprint density at radius 3 is 2.24 bits per heavy atom. The predicted molar refractivity (Wildman–Crippen MR) is 85.4 cm³/mol. The molecule has 0 bridgehead atoms. The van der Waals surface area contributed by atoms with E-state index in [0.29, 0.717) is 6.54 Å². The zero-order chi connectivity index (χ0) is 14.7. The Morgan fingerprint density at radius 2 is 1.57 bits per heavy atom. The number of hydrogen-bond acceptors (Lipinski definition) is 1. The fraction of sp³-hybridized carbons (Fsp3) is 0.167. The maximum atomic E-state index is 12.2. The van der Waals surface area contributed by atoms with E-state index in [2.05, 4.69) is 17.1 Å². The summed E-state index contributed by atoms with van der Waals surface area (Å²) in [5, 5.41) is 0. The number of rotatable bonds is 4. The van der Waals surface area contributed by atoms with Gasteiger partial charge in [0, 0.05) is 12.2 Å². The lowest BCUT2D eigenvalue weighted by atomic mass is 10.1. The Hall–Kier alpha value is -2.55. The number of H-pyrrole nitrogens is 1. The summed E-state index contributed by atoms with van der Waals surface area (Å²) in [6.07, 6.45) is 0.855. The Morgan fingerprint density at radius 1 is 0.952 bits per heavy atom. The van der Waals surface area contributed by atoms with Crippen LogP contribution in [0, 0.1) is 6.92 Å². The Balaban J connectivity index is 1.87. The van der Waals surface area contributed by atoms with Crippen molar-refractivity contribution in [3.05, 3.63) is 82.4 Å². The molecule has 3 rings (SSSR count). The summed E-state index contributed by atoms with van der Waals surface area (Å²) in [4.78, 5) is 15.1. The number of nitrogens with zero attached hydrogens (tertiary/aromatic N) is 1. The lowest BCUT2D eigenvalue weighted by Crippen LogP contribution is -2.19. The van der Waals surface area contributed by atoms with Gasteiger partial charge in [-0.2, -0.15) is 0 Å². The van der Waals surface area contributed by atoms with E-state index >= 15 is 0 Å². The first-order valence-corrected chi connectivity index (χ1v) is 7.14. The molecule has 0 fully saturated rings. The van der Waals surface area contributed by atoms with Crippen LogP contribution in [-0.2, 0) is 13.0 Å². The van der Waals surface area contributed by atoms with Crippen LogP contribution in [0.15, 0.2) is 65.5 Å². The molecule has 1 aromatic heterocycles. The van der Waals surface area contributed by atoms with Gasteiger partial charge < -0.3 is 4.98 Å². The molecule has 3 aromatic rings. The second kappa shape index (κ2) is 5.83. The Labute approximate surface area is 123 Å². The molecule has 0 radical (unpaired) electrons. The third-order valence-corrected chi connectivity index (χ3v) is 3.77. The molecule has 0 saturated carbocycles. The van der Waals surface area contributed by atoms with Crippen molar-refractivity contribution in [2.75, 3.05) is 0 Å². The summed E-state index contributed by atoms with van der Waals surface area (Å²) in [5.74, 6) is 0. The van der Waals surface area contributed by atoms with E-state index in [4.69, 9.17) is 0 Å². The maximum Gasteiger partial charge on any atom is 0.326 e. The average molecular weight is 278 g/mol. The molecule has 1 heterocycles. The molecule has 0 spiro atoms. The van der Waals surface area contributed by atoms with Crippen LogP contribution in [0.25, 0.3) is 11.3 Å². The van der Waals surface area contributed by atoms with Crippen molar-refractivity contribution >= 4 is 0 Å². The minimum atomic E-state index is -0.0396. The highest BCUT2D eigenvalue weighted by Crippen LogP contribution is 2.19. The third-order valence-electron chi connectivity index (χ3n) is 3.77. The number of imidazole rings is 1. The third kappa shape index (κ3) is 2.82. The summed E-state index contributed by atoms with van der Waals surface area (Å²) in [7, 11) is 0. The van der Waals surface area contributed by atoms with Crippen LogP contribution in [0.2, 0.25) is 0 Å². The average Bonchev–Trinajstić information content (AvgIpc) is 2.82. The van der Waals surface area contributed by atoms with Crippen molar-refractivity contribution in [1.29, 1.82) is 0 Å². The predicted octanol–water partition coefficient (Wildman–Crippen LogP) is 3.39. The normalized spacial score (nSPS) is 10.7. The zero-order valence-corrected chi connectivity index (χ0v) is 12.0. The molecule has 3 nitrogen and oxygen atoms in total. The van der Waals surface area contributed by atoms with Crippen molar-refractivity contribution < 1.29 is 0 Å². The molecular formula is C18H18N2O. The Kier molecular flexibility index (Phi) is 3.73. The molecule has 0 saturated heterocycles. The topological polar surface area (TPSA) is 37.8 Å². The van der Waals surface area contributed by atoms with Crippen LogP contribution in [0.4, 0.5) is 0 Å². The minimum absolute atomic E-state index is 0.0396. The van der Waals surface area contributed by atoms with E-state index in [1.807, 2.05) is 60.0 Å². The first kappa shape index (κ1) is 13.4. The zero-order valence-electron chi connectivity index (χ0n) is 12.0. The standard InChI is InChI=1S/C18H18N2O/c1-14-17(16-10-6-3-7-11-16)19-18(21)20(14)13-12-15-8-4-2-5-9-15/h2-11H,12-13H2,1H3,(H,19,21). The first-order valence-electron chi connectivity index (χ1n) is 7.14. The molecule has 3 heteroatoms. The van der Waals surface area contributed by atoms with Crippen molar-refractivity contribution in [2.24, 2.45) is 0 Å². The quantitative estimate of drug-likeness (QED) is 0.780. The molecule has 0 aliphatic carbocycles. The number of hydrogen-bond donors (Lipinski definition) is 1. The molecule has 0 aliphatic rings. The van der Waals surface area contributed by atoms with E-state index in [1.54, 1.807) is 0 Å². The lowest BCUT2D eigenvalue weighted by Gasteiger charge is -2.06. The van der Waals surface area contributed by atoms with Crippen LogP contribution in [-0.4, -0.2) is 9.55 Å².